The van der Waals surface area contributed by atoms with Crippen molar-refractivity contribution in [2.24, 2.45) is 0 Å². The summed E-state index contributed by atoms with van der Waals surface area (Å²) >= 11 is 1.52. The highest BCUT2D eigenvalue weighted by atomic mass is 32.1. The largest absolute Gasteiger partial charge is 0.444 e. The molecule has 0 saturated heterocycles. The van der Waals surface area contributed by atoms with Gasteiger partial charge in [-0.05, 0) is 33.6 Å². The van der Waals surface area contributed by atoms with Crippen molar-refractivity contribution in [2.45, 2.75) is 45.3 Å². The third kappa shape index (κ3) is 3.10. The number of hydrogen-bond acceptors (Lipinski definition) is 6. The van der Waals surface area contributed by atoms with Crippen LogP contribution in [0.2, 0.25) is 0 Å². The molecule has 0 radical (unpaired) electrons. The monoisotopic (exact) mass is 309 g/mol. The van der Waals surface area contributed by atoms with Crippen LogP contribution >= 0.6 is 11.3 Å². The summed E-state index contributed by atoms with van der Waals surface area (Å²) in [6.07, 6.45) is 1.92. The molecule has 7 nitrogen and oxygen atoms in total. The zero-order valence-corrected chi connectivity index (χ0v) is 13.4. The summed E-state index contributed by atoms with van der Waals surface area (Å²) in [6, 6.07) is 0.589. The second-order valence-electron chi connectivity index (χ2n) is 6.22. The van der Waals surface area contributed by atoms with Gasteiger partial charge in [-0.15, -0.1) is 0 Å². The summed E-state index contributed by atoms with van der Waals surface area (Å²) in [7, 11) is 2.04. The average Bonchev–Trinajstić information content (AvgIpc) is 3.01. The van der Waals surface area contributed by atoms with E-state index < -0.39 is 11.7 Å². The molecule has 0 unspecified atom stereocenters. The van der Waals surface area contributed by atoms with Crippen molar-refractivity contribution in [1.29, 1.82) is 0 Å². The Kier molecular flexibility index (Phi) is 3.27. The topological polar surface area (TPSA) is 83.1 Å². The molecule has 1 aliphatic rings. The Morgan fingerprint density at radius 2 is 2.19 bits per heavy atom. The molecule has 8 heteroatoms. The molecular formula is C13H19N5O2S. The first-order valence-corrected chi connectivity index (χ1v) is 7.73. The normalized spacial score (nSPS) is 15.2. The van der Waals surface area contributed by atoms with E-state index in [1.54, 1.807) is 0 Å². The average molecular weight is 309 g/mol. The second kappa shape index (κ2) is 4.87. The van der Waals surface area contributed by atoms with Crippen LogP contribution in [0.3, 0.4) is 0 Å². The molecule has 0 atom stereocenters. The van der Waals surface area contributed by atoms with E-state index in [2.05, 4.69) is 25.4 Å². The van der Waals surface area contributed by atoms with Crippen molar-refractivity contribution in [2.75, 3.05) is 17.3 Å². The van der Waals surface area contributed by atoms with Gasteiger partial charge in [0.15, 0.2) is 16.6 Å². The number of aromatic nitrogens is 3. The third-order valence-corrected chi connectivity index (χ3v) is 4.27. The first kappa shape index (κ1) is 14.1. The Hall–Kier alpha value is -1.83. The van der Waals surface area contributed by atoms with Gasteiger partial charge in [0.1, 0.15) is 10.3 Å². The Bertz CT molecular complexity index is 668. The van der Waals surface area contributed by atoms with Gasteiger partial charge in [0.25, 0.3) is 0 Å². The number of amides is 1. The van der Waals surface area contributed by atoms with E-state index in [1.807, 2.05) is 27.8 Å². The number of ether oxygens (including phenoxy) is 1. The van der Waals surface area contributed by atoms with Gasteiger partial charge in [0, 0.05) is 13.1 Å². The molecule has 114 valence electrons. The number of hydrogen-bond donors (Lipinski definition) is 2. The van der Waals surface area contributed by atoms with Gasteiger partial charge >= 0.3 is 6.09 Å². The van der Waals surface area contributed by atoms with E-state index in [1.165, 1.54) is 24.2 Å². The number of anilines is 2. The van der Waals surface area contributed by atoms with Crippen LogP contribution in [0.5, 0.6) is 0 Å². The lowest BCUT2D eigenvalue weighted by atomic mass is 10.2. The molecule has 21 heavy (non-hydrogen) atoms. The maximum atomic E-state index is 11.8. The van der Waals surface area contributed by atoms with Crippen LogP contribution in [0.25, 0.3) is 10.3 Å². The molecule has 2 N–H and O–H groups in total. The SMILES string of the molecule is CN(c1nc2n[nH]c(NC(=O)OC(C)(C)C)c2s1)C1CC1. The van der Waals surface area contributed by atoms with Crippen LogP contribution in [0.1, 0.15) is 33.6 Å². The number of H-pyrrole nitrogens is 1. The number of rotatable bonds is 3. The van der Waals surface area contributed by atoms with E-state index in [-0.39, 0.29) is 0 Å². The number of aromatic amines is 1. The summed E-state index contributed by atoms with van der Waals surface area (Å²) in [5.41, 5.74) is 0.0856. The van der Waals surface area contributed by atoms with Crippen molar-refractivity contribution < 1.29 is 9.53 Å². The Morgan fingerprint density at radius 1 is 1.48 bits per heavy atom. The van der Waals surface area contributed by atoms with Crippen molar-refractivity contribution in [1.82, 2.24) is 15.2 Å². The van der Waals surface area contributed by atoms with Gasteiger partial charge in [0.2, 0.25) is 0 Å². The van der Waals surface area contributed by atoms with Crippen LogP contribution in [-0.2, 0) is 4.74 Å². The van der Waals surface area contributed by atoms with Crippen LogP contribution < -0.4 is 10.2 Å². The molecule has 1 aliphatic carbocycles. The molecule has 2 aromatic heterocycles. The minimum absolute atomic E-state index is 0.501. The zero-order chi connectivity index (χ0) is 15.2. The molecule has 0 aromatic carbocycles. The fourth-order valence-corrected chi connectivity index (χ4v) is 2.95. The lowest BCUT2D eigenvalue weighted by molar-refractivity contribution is 0.0635. The summed E-state index contributed by atoms with van der Waals surface area (Å²) in [5.74, 6) is 0.534. The molecule has 2 heterocycles. The van der Waals surface area contributed by atoms with Gasteiger partial charge in [0.05, 0.1) is 0 Å². The number of carbonyl (C=O) groups is 1. The number of fused-ring (bicyclic) bond motifs is 1. The minimum atomic E-state index is -0.533. The highest BCUT2D eigenvalue weighted by molar-refractivity contribution is 7.22. The van der Waals surface area contributed by atoms with Crippen molar-refractivity contribution in [3.8, 4) is 0 Å². The molecule has 0 spiro atoms. The maximum absolute atomic E-state index is 11.8. The van der Waals surface area contributed by atoms with Gasteiger partial charge < -0.3 is 9.64 Å². The first-order valence-electron chi connectivity index (χ1n) is 6.91. The fraction of sp³-hybridized carbons (Fsp3) is 0.615. The highest BCUT2D eigenvalue weighted by Gasteiger charge is 2.29. The van der Waals surface area contributed by atoms with Gasteiger partial charge in [-0.1, -0.05) is 11.3 Å². The van der Waals surface area contributed by atoms with E-state index in [4.69, 9.17) is 4.74 Å². The smallest absolute Gasteiger partial charge is 0.413 e. The van der Waals surface area contributed by atoms with Crippen LogP contribution in [0.15, 0.2) is 0 Å². The predicted octanol–water partition coefficient (Wildman–Crippen LogP) is 2.97. The van der Waals surface area contributed by atoms with E-state index in [9.17, 15) is 4.79 Å². The van der Waals surface area contributed by atoms with Crippen LogP contribution in [-0.4, -0.2) is 40.0 Å². The van der Waals surface area contributed by atoms with Gasteiger partial charge in [-0.25, -0.2) is 4.79 Å². The summed E-state index contributed by atoms with van der Waals surface area (Å²) < 4.78 is 6.07. The zero-order valence-electron chi connectivity index (χ0n) is 12.6. The molecule has 3 rings (SSSR count). The molecule has 1 fully saturated rings. The minimum Gasteiger partial charge on any atom is -0.444 e. The van der Waals surface area contributed by atoms with Crippen molar-refractivity contribution >= 4 is 38.7 Å². The standard InChI is InChI=1S/C13H19N5O2S/c1-13(2,3)20-12(19)15-10-8-9(16-17-10)14-11(21-8)18(4)7-5-6-7/h7H,5-6H2,1-4H3,(H2,15,16,17,19). The second-order valence-corrected chi connectivity index (χ2v) is 7.19. The number of thiazole rings is 1. The first-order chi connectivity index (χ1) is 9.83. The molecule has 2 aromatic rings. The lowest BCUT2D eigenvalue weighted by Gasteiger charge is -2.19. The van der Waals surface area contributed by atoms with Gasteiger partial charge in [-0.2, -0.15) is 10.1 Å². The van der Waals surface area contributed by atoms with Crippen LogP contribution in [0, 0.1) is 0 Å². The summed E-state index contributed by atoms with van der Waals surface area (Å²) in [5, 5.41) is 10.5. The summed E-state index contributed by atoms with van der Waals surface area (Å²) in [6.45, 7) is 5.47. The Labute approximate surface area is 126 Å². The fourth-order valence-electron chi connectivity index (χ4n) is 1.96. The Morgan fingerprint density at radius 3 is 2.81 bits per heavy atom. The molecular weight excluding hydrogens is 290 g/mol. The number of carbonyl (C=O) groups excluding carboxylic acids is 1. The third-order valence-electron chi connectivity index (χ3n) is 3.12. The van der Waals surface area contributed by atoms with E-state index in [0.29, 0.717) is 17.5 Å². The quantitative estimate of drug-likeness (QED) is 0.910. The van der Waals surface area contributed by atoms with Crippen molar-refractivity contribution in [3.63, 3.8) is 0 Å². The highest BCUT2D eigenvalue weighted by Crippen LogP contribution is 2.37. The van der Waals surface area contributed by atoms with Gasteiger partial charge in [-0.3, -0.25) is 10.4 Å². The maximum Gasteiger partial charge on any atom is 0.413 e. The Balaban J connectivity index is 1.78. The van der Waals surface area contributed by atoms with Crippen molar-refractivity contribution in [3.05, 3.63) is 0 Å². The number of nitrogens with zero attached hydrogens (tertiary/aromatic N) is 3. The lowest BCUT2D eigenvalue weighted by Crippen LogP contribution is -2.27. The number of nitrogens with one attached hydrogen (secondary N) is 2. The van der Waals surface area contributed by atoms with E-state index in [0.717, 1.165) is 9.83 Å². The predicted molar refractivity (Wildman–Crippen MR) is 83.0 cm³/mol. The molecule has 1 amide bonds. The van der Waals surface area contributed by atoms with Crippen LogP contribution in [0.4, 0.5) is 15.7 Å². The molecule has 1 saturated carbocycles. The van der Waals surface area contributed by atoms with E-state index >= 15 is 0 Å². The molecule has 0 aliphatic heterocycles. The summed E-state index contributed by atoms with van der Waals surface area (Å²) in [4.78, 5) is 18.5. The molecule has 0 bridgehead atoms.